The Labute approximate surface area is 99.5 Å². The van der Waals surface area contributed by atoms with Crippen molar-refractivity contribution in [3.05, 3.63) is 24.4 Å². The molecule has 2 rings (SSSR count). The van der Waals surface area contributed by atoms with Crippen molar-refractivity contribution in [3.8, 4) is 0 Å². The second kappa shape index (κ2) is 5.32. The molecule has 0 saturated carbocycles. The van der Waals surface area contributed by atoms with Crippen LogP contribution in [0.25, 0.3) is 5.65 Å². The van der Waals surface area contributed by atoms with Gasteiger partial charge in [-0.25, -0.2) is 0 Å². The fourth-order valence-corrected chi connectivity index (χ4v) is 2.20. The molecule has 16 heavy (non-hydrogen) atoms. The molecule has 0 fully saturated rings. The van der Waals surface area contributed by atoms with Crippen molar-refractivity contribution in [3.63, 3.8) is 0 Å². The average Bonchev–Trinajstić information content (AvgIpc) is 2.68. The predicted molar refractivity (Wildman–Crippen MR) is 66.8 cm³/mol. The lowest BCUT2D eigenvalue weighted by molar-refractivity contribution is 0.615. The summed E-state index contributed by atoms with van der Waals surface area (Å²) in [6.45, 7) is 5.29. The van der Waals surface area contributed by atoms with Gasteiger partial charge in [-0.3, -0.25) is 4.40 Å². The zero-order chi connectivity index (χ0) is 11.4. The monoisotopic (exact) mass is 236 g/mol. The Bertz CT molecular complexity index is 452. The maximum Gasteiger partial charge on any atom is 0.195 e. The molecule has 0 aliphatic rings. The highest BCUT2D eigenvalue weighted by atomic mass is 32.2. The SMILES string of the molecule is CC(C)NCCSc1nnc2ccccn12. The third-order valence-corrected chi connectivity index (χ3v) is 3.11. The molecule has 0 aromatic carbocycles. The molecule has 2 aromatic rings. The fraction of sp³-hybridized carbons (Fsp3) is 0.455. The Morgan fingerprint density at radius 3 is 3.06 bits per heavy atom. The van der Waals surface area contributed by atoms with Gasteiger partial charge in [-0.1, -0.05) is 31.7 Å². The minimum Gasteiger partial charge on any atom is -0.314 e. The summed E-state index contributed by atoms with van der Waals surface area (Å²) < 4.78 is 2.01. The van der Waals surface area contributed by atoms with Crippen LogP contribution in [0.3, 0.4) is 0 Å². The first-order chi connectivity index (χ1) is 7.77. The normalized spacial score (nSPS) is 11.4. The Morgan fingerprint density at radius 2 is 2.25 bits per heavy atom. The van der Waals surface area contributed by atoms with Gasteiger partial charge in [0, 0.05) is 24.5 Å². The van der Waals surface area contributed by atoms with Crippen LogP contribution in [0.1, 0.15) is 13.8 Å². The van der Waals surface area contributed by atoms with Gasteiger partial charge < -0.3 is 5.32 Å². The van der Waals surface area contributed by atoms with E-state index in [0.29, 0.717) is 6.04 Å². The molecule has 4 nitrogen and oxygen atoms in total. The Hall–Kier alpha value is -1.07. The fourth-order valence-electron chi connectivity index (χ4n) is 1.41. The number of fused-ring (bicyclic) bond motifs is 1. The first kappa shape index (κ1) is 11.4. The van der Waals surface area contributed by atoms with E-state index >= 15 is 0 Å². The number of rotatable bonds is 5. The second-order valence-corrected chi connectivity index (χ2v) is 4.93. The molecule has 2 aromatic heterocycles. The number of hydrogen-bond donors (Lipinski definition) is 1. The lowest BCUT2D eigenvalue weighted by atomic mass is 10.4. The highest BCUT2D eigenvalue weighted by Crippen LogP contribution is 2.15. The molecule has 0 atom stereocenters. The van der Waals surface area contributed by atoms with Gasteiger partial charge >= 0.3 is 0 Å². The van der Waals surface area contributed by atoms with Crippen molar-refractivity contribution in [2.75, 3.05) is 12.3 Å². The van der Waals surface area contributed by atoms with Gasteiger partial charge in [-0.2, -0.15) is 0 Å². The Kier molecular flexibility index (Phi) is 3.79. The van der Waals surface area contributed by atoms with Gasteiger partial charge in [0.25, 0.3) is 0 Å². The maximum atomic E-state index is 4.16. The summed E-state index contributed by atoms with van der Waals surface area (Å²) in [5.74, 6) is 1.01. The van der Waals surface area contributed by atoms with Crippen LogP contribution < -0.4 is 5.32 Å². The van der Waals surface area contributed by atoms with E-state index in [9.17, 15) is 0 Å². The third kappa shape index (κ3) is 2.74. The van der Waals surface area contributed by atoms with E-state index in [-0.39, 0.29) is 0 Å². The predicted octanol–water partition coefficient (Wildman–Crippen LogP) is 1.82. The van der Waals surface area contributed by atoms with E-state index in [2.05, 4.69) is 29.4 Å². The van der Waals surface area contributed by atoms with Crippen LogP contribution in [0.4, 0.5) is 0 Å². The van der Waals surface area contributed by atoms with Crippen molar-refractivity contribution < 1.29 is 0 Å². The molecule has 2 heterocycles. The van der Waals surface area contributed by atoms with E-state index in [1.807, 2.05) is 28.8 Å². The van der Waals surface area contributed by atoms with Crippen molar-refractivity contribution in [1.82, 2.24) is 19.9 Å². The van der Waals surface area contributed by atoms with Gasteiger partial charge in [0.05, 0.1) is 0 Å². The van der Waals surface area contributed by atoms with E-state index < -0.39 is 0 Å². The lowest BCUT2D eigenvalue weighted by Crippen LogP contribution is -2.24. The topological polar surface area (TPSA) is 42.2 Å². The minimum atomic E-state index is 0.538. The van der Waals surface area contributed by atoms with E-state index in [1.165, 1.54) is 0 Å². The van der Waals surface area contributed by atoms with Crippen molar-refractivity contribution in [2.45, 2.75) is 25.0 Å². The number of nitrogens with one attached hydrogen (secondary N) is 1. The zero-order valence-electron chi connectivity index (χ0n) is 9.55. The summed E-state index contributed by atoms with van der Waals surface area (Å²) in [5.41, 5.74) is 0.904. The van der Waals surface area contributed by atoms with Crippen LogP contribution in [0, 0.1) is 0 Å². The summed E-state index contributed by atoms with van der Waals surface area (Å²) in [6.07, 6.45) is 1.99. The molecule has 0 aliphatic carbocycles. The van der Waals surface area contributed by atoms with Crippen molar-refractivity contribution >= 4 is 17.4 Å². The van der Waals surface area contributed by atoms with Crippen LogP contribution in [0.2, 0.25) is 0 Å². The van der Waals surface area contributed by atoms with Gasteiger partial charge in [0.2, 0.25) is 0 Å². The molecule has 86 valence electrons. The minimum absolute atomic E-state index is 0.538. The third-order valence-electron chi connectivity index (χ3n) is 2.17. The number of aromatic nitrogens is 3. The molecule has 0 saturated heterocycles. The summed E-state index contributed by atoms with van der Waals surface area (Å²) in [7, 11) is 0. The molecule has 0 spiro atoms. The first-order valence-corrected chi connectivity index (χ1v) is 6.42. The van der Waals surface area contributed by atoms with Crippen LogP contribution in [0.15, 0.2) is 29.6 Å². The number of nitrogens with zero attached hydrogens (tertiary/aromatic N) is 3. The molecule has 0 amide bonds. The Balaban J connectivity index is 1.94. The lowest BCUT2D eigenvalue weighted by Gasteiger charge is -2.06. The highest BCUT2D eigenvalue weighted by Gasteiger charge is 2.04. The van der Waals surface area contributed by atoms with Crippen LogP contribution >= 0.6 is 11.8 Å². The van der Waals surface area contributed by atoms with Crippen LogP contribution in [-0.4, -0.2) is 32.9 Å². The summed E-state index contributed by atoms with van der Waals surface area (Å²) in [4.78, 5) is 0. The smallest absolute Gasteiger partial charge is 0.195 e. The molecular weight excluding hydrogens is 220 g/mol. The highest BCUT2D eigenvalue weighted by molar-refractivity contribution is 7.99. The quantitative estimate of drug-likeness (QED) is 0.635. The van der Waals surface area contributed by atoms with Crippen molar-refractivity contribution in [2.24, 2.45) is 0 Å². The molecular formula is C11H16N4S. The van der Waals surface area contributed by atoms with Crippen LogP contribution in [0.5, 0.6) is 0 Å². The average molecular weight is 236 g/mol. The largest absolute Gasteiger partial charge is 0.314 e. The number of pyridine rings is 1. The van der Waals surface area contributed by atoms with E-state index in [0.717, 1.165) is 23.1 Å². The first-order valence-electron chi connectivity index (χ1n) is 5.43. The van der Waals surface area contributed by atoms with Crippen LogP contribution in [-0.2, 0) is 0 Å². The molecule has 1 N–H and O–H groups in total. The number of hydrogen-bond acceptors (Lipinski definition) is 4. The second-order valence-electron chi connectivity index (χ2n) is 3.87. The van der Waals surface area contributed by atoms with Gasteiger partial charge in [-0.15, -0.1) is 10.2 Å². The maximum absolute atomic E-state index is 4.16. The summed E-state index contributed by atoms with van der Waals surface area (Å²) >= 11 is 1.73. The molecule has 0 radical (unpaired) electrons. The zero-order valence-corrected chi connectivity index (χ0v) is 10.4. The van der Waals surface area contributed by atoms with Gasteiger partial charge in [0.1, 0.15) is 0 Å². The van der Waals surface area contributed by atoms with Gasteiger partial charge in [0.15, 0.2) is 10.8 Å². The van der Waals surface area contributed by atoms with Gasteiger partial charge in [-0.05, 0) is 12.1 Å². The molecule has 0 aliphatic heterocycles. The van der Waals surface area contributed by atoms with Crippen molar-refractivity contribution in [1.29, 1.82) is 0 Å². The molecule has 5 heteroatoms. The Morgan fingerprint density at radius 1 is 1.38 bits per heavy atom. The number of thioether (sulfide) groups is 1. The standard InChI is InChI=1S/C11H16N4S/c1-9(2)12-6-8-16-11-14-13-10-5-3-4-7-15(10)11/h3-5,7,9,12H,6,8H2,1-2H3. The molecule has 0 unspecified atom stereocenters. The molecule has 0 bridgehead atoms. The van der Waals surface area contributed by atoms with E-state index in [4.69, 9.17) is 0 Å². The van der Waals surface area contributed by atoms with E-state index in [1.54, 1.807) is 11.8 Å². The summed E-state index contributed by atoms with van der Waals surface area (Å²) in [5, 5.41) is 12.6. The summed E-state index contributed by atoms with van der Waals surface area (Å²) in [6, 6.07) is 6.46.